The highest BCUT2D eigenvalue weighted by Gasteiger charge is 2.61. The van der Waals surface area contributed by atoms with E-state index in [0.29, 0.717) is 16.3 Å². The van der Waals surface area contributed by atoms with Gasteiger partial charge in [0.1, 0.15) is 16.9 Å². The maximum Gasteiger partial charge on any atom is 0.248 e. The molecule has 0 unspecified atom stereocenters. The van der Waals surface area contributed by atoms with Crippen LogP contribution in [-0.2, 0) is 10.2 Å². The Balaban J connectivity index is 1.92. The van der Waals surface area contributed by atoms with E-state index in [1.54, 1.807) is 24.1 Å². The molecule has 2 aromatic carbocycles. The quantitative estimate of drug-likeness (QED) is 0.751. The first-order chi connectivity index (χ1) is 13.6. The van der Waals surface area contributed by atoms with Crippen molar-refractivity contribution in [3.05, 3.63) is 76.1 Å². The van der Waals surface area contributed by atoms with Crippen molar-refractivity contribution in [3.8, 4) is 12.1 Å². The monoisotopic (exact) mass is 383 g/mol. The number of anilines is 2. The Morgan fingerprint density at radius 3 is 2.36 bits per heavy atom. The molecule has 28 heavy (non-hydrogen) atoms. The van der Waals surface area contributed by atoms with Crippen LogP contribution in [0, 0.1) is 22.7 Å². The number of carbonyl (C=O) groups excluding carboxylic acids is 1. The number of fused-ring (bicyclic) bond motifs is 5. The van der Waals surface area contributed by atoms with Gasteiger partial charge in [-0.05, 0) is 18.2 Å². The Morgan fingerprint density at radius 1 is 1.00 bits per heavy atom. The molecule has 1 atom stereocenters. The second kappa shape index (κ2) is 5.41. The van der Waals surface area contributed by atoms with Crippen LogP contribution < -0.4 is 15.5 Å². The van der Waals surface area contributed by atoms with Crippen molar-refractivity contribution < 1.29 is 4.79 Å². The fourth-order valence-electron chi connectivity index (χ4n) is 4.29. The van der Waals surface area contributed by atoms with Crippen LogP contribution in [0.1, 0.15) is 5.56 Å². The van der Waals surface area contributed by atoms with Crippen molar-refractivity contribution in [2.75, 3.05) is 16.8 Å². The van der Waals surface area contributed by atoms with E-state index >= 15 is 0 Å². The summed E-state index contributed by atoms with van der Waals surface area (Å²) in [4.78, 5) is 17.7. The van der Waals surface area contributed by atoms with Crippen LogP contribution in [-0.4, -0.2) is 13.0 Å². The number of amides is 1. The minimum absolute atomic E-state index is 0.0897. The van der Waals surface area contributed by atoms with Crippen molar-refractivity contribution in [2.45, 2.75) is 10.3 Å². The number of para-hydroxylation sites is 2. The van der Waals surface area contributed by atoms with Gasteiger partial charge in [-0.25, -0.2) is 0 Å². The van der Waals surface area contributed by atoms with Gasteiger partial charge in [-0.2, -0.15) is 10.5 Å². The molecule has 3 aliphatic heterocycles. The molecule has 3 aliphatic rings. The molecule has 2 N–H and O–H groups in total. The molecular formula is C21H13N5OS. The van der Waals surface area contributed by atoms with Crippen LogP contribution >= 0.6 is 11.8 Å². The molecule has 7 heteroatoms. The van der Waals surface area contributed by atoms with E-state index in [-0.39, 0.29) is 22.9 Å². The van der Waals surface area contributed by atoms with Crippen molar-refractivity contribution in [3.63, 3.8) is 0 Å². The zero-order valence-electron chi connectivity index (χ0n) is 14.8. The van der Waals surface area contributed by atoms with Gasteiger partial charge in [0.15, 0.2) is 5.41 Å². The van der Waals surface area contributed by atoms with Gasteiger partial charge in [-0.3, -0.25) is 9.69 Å². The molecule has 0 saturated heterocycles. The molecule has 3 heterocycles. The predicted molar refractivity (Wildman–Crippen MR) is 106 cm³/mol. The zero-order valence-corrected chi connectivity index (χ0v) is 15.6. The van der Waals surface area contributed by atoms with E-state index in [1.165, 1.54) is 16.7 Å². The summed E-state index contributed by atoms with van der Waals surface area (Å²) in [5, 5.41) is 20.8. The first-order valence-electron chi connectivity index (χ1n) is 8.57. The molecular weight excluding hydrogens is 370 g/mol. The highest BCUT2D eigenvalue weighted by atomic mass is 32.2. The minimum atomic E-state index is -1.51. The molecule has 0 aliphatic carbocycles. The van der Waals surface area contributed by atoms with Crippen molar-refractivity contribution in [1.82, 2.24) is 0 Å². The number of rotatable bonds is 0. The maximum atomic E-state index is 13.6. The fourth-order valence-corrected chi connectivity index (χ4v) is 5.50. The second-order valence-electron chi connectivity index (χ2n) is 6.70. The molecule has 1 amide bonds. The third-order valence-corrected chi connectivity index (χ3v) is 6.64. The first-order valence-corrected chi connectivity index (χ1v) is 9.38. The molecule has 0 bridgehead atoms. The fraction of sp³-hybridized carbons (Fsp3) is 0.0952. The van der Waals surface area contributed by atoms with Gasteiger partial charge in [-0.1, -0.05) is 42.1 Å². The van der Waals surface area contributed by atoms with Crippen molar-refractivity contribution in [2.24, 2.45) is 5.73 Å². The third kappa shape index (κ3) is 1.65. The summed E-state index contributed by atoms with van der Waals surface area (Å²) >= 11 is 1.40. The number of carbonyl (C=O) groups is 1. The smallest absolute Gasteiger partial charge is 0.248 e. The van der Waals surface area contributed by atoms with Gasteiger partial charge >= 0.3 is 0 Å². The van der Waals surface area contributed by atoms with Crippen molar-refractivity contribution >= 4 is 29.0 Å². The standard InChI is InChI=1S/C21H13N5OS/c1-25-15-7-3-2-6-12(15)21(20(25)27)13(10-22)18(24)26-16-8-4-5-9-17(16)28-19(26)14(21)11-23/h2-9H,24H2,1H3/t21-/m0/s1. The van der Waals surface area contributed by atoms with Gasteiger partial charge in [0.25, 0.3) is 0 Å². The SMILES string of the molecule is CN1C(=O)[C@]2(C(C#N)=C(N)N3C(=C2C#N)Sc2ccccc23)c2ccccc21. The molecule has 2 aromatic rings. The summed E-state index contributed by atoms with van der Waals surface area (Å²) in [6.45, 7) is 0. The van der Waals surface area contributed by atoms with E-state index < -0.39 is 5.41 Å². The average molecular weight is 383 g/mol. The zero-order chi connectivity index (χ0) is 19.6. The third-order valence-electron chi connectivity index (χ3n) is 5.50. The number of benzene rings is 2. The Morgan fingerprint density at radius 2 is 1.64 bits per heavy atom. The number of hydrogen-bond donors (Lipinski definition) is 1. The largest absolute Gasteiger partial charge is 0.384 e. The summed E-state index contributed by atoms with van der Waals surface area (Å²) in [6, 6.07) is 19.3. The van der Waals surface area contributed by atoms with E-state index in [4.69, 9.17) is 5.73 Å². The molecule has 6 nitrogen and oxygen atoms in total. The van der Waals surface area contributed by atoms with Gasteiger partial charge in [0.2, 0.25) is 5.91 Å². The van der Waals surface area contributed by atoms with Crippen LogP contribution in [0.15, 0.2) is 75.4 Å². The van der Waals surface area contributed by atoms with E-state index in [2.05, 4.69) is 12.1 Å². The summed E-state index contributed by atoms with van der Waals surface area (Å²) in [5.74, 6) is -0.152. The summed E-state index contributed by atoms with van der Waals surface area (Å²) in [7, 11) is 1.66. The molecule has 0 radical (unpaired) electrons. The minimum Gasteiger partial charge on any atom is -0.384 e. The number of nitrogens with two attached hydrogens (primary N) is 1. The van der Waals surface area contributed by atoms with Gasteiger partial charge in [0.05, 0.1) is 22.9 Å². The normalized spacial score (nSPS) is 22.2. The number of thioether (sulfide) groups is 1. The number of nitrogens with zero attached hydrogens (tertiary/aromatic N) is 4. The lowest BCUT2D eigenvalue weighted by Crippen LogP contribution is -2.48. The van der Waals surface area contributed by atoms with Crippen LogP contribution in [0.4, 0.5) is 11.4 Å². The molecule has 0 fully saturated rings. The second-order valence-corrected chi connectivity index (χ2v) is 7.73. The van der Waals surface area contributed by atoms with Gasteiger partial charge < -0.3 is 10.6 Å². The van der Waals surface area contributed by atoms with E-state index in [1.807, 2.05) is 36.4 Å². The number of hydrogen-bond acceptors (Lipinski definition) is 6. The predicted octanol–water partition coefficient (Wildman–Crippen LogP) is 2.96. The van der Waals surface area contributed by atoms with Gasteiger partial charge in [-0.15, -0.1) is 0 Å². The lowest BCUT2D eigenvalue weighted by atomic mass is 9.68. The maximum absolute atomic E-state index is 13.6. The van der Waals surface area contributed by atoms with Crippen LogP contribution in [0.2, 0.25) is 0 Å². The van der Waals surface area contributed by atoms with E-state index in [9.17, 15) is 15.3 Å². The highest BCUT2D eigenvalue weighted by Crippen LogP contribution is 2.59. The number of nitriles is 2. The topological polar surface area (TPSA) is 97.2 Å². The highest BCUT2D eigenvalue weighted by molar-refractivity contribution is 8.03. The lowest BCUT2D eigenvalue weighted by molar-refractivity contribution is -0.120. The molecule has 0 aromatic heterocycles. The Labute approximate surface area is 165 Å². The Bertz CT molecular complexity index is 1230. The van der Waals surface area contributed by atoms with Crippen LogP contribution in [0.25, 0.3) is 0 Å². The molecule has 0 saturated carbocycles. The summed E-state index contributed by atoms with van der Waals surface area (Å²) in [5.41, 5.74) is 7.39. The molecule has 5 rings (SSSR count). The van der Waals surface area contributed by atoms with Crippen LogP contribution in [0.5, 0.6) is 0 Å². The van der Waals surface area contributed by atoms with E-state index in [0.717, 1.165) is 10.6 Å². The summed E-state index contributed by atoms with van der Waals surface area (Å²) in [6.07, 6.45) is 0. The average Bonchev–Trinajstić information content (AvgIpc) is 3.20. The Kier molecular flexibility index (Phi) is 3.19. The molecule has 1 spiro atoms. The number of likely N-dealkylation sites (N-methyl/N-ethyl adjacent to an activating group) is 1. The van der Waals surface area contributed by atoms with Gasteiger partial charge in [0, 0.05) is 23.2 Å². The van der Waals surface area contributed by atoms with Crippen LogP contribution in [0.3, 0.4) is 0 Å². The first kappa shape index (κ1) is 16.5. The lowest BCUT2D eigenvalue weighted by Gasteiger charge is -2.37. The van der Waals surface area contributed by atoms with Crippen molar-refractivity contribution in [1.29, 1.82) is 10.5 Å². The summed E-state index contributed by atoms with van der Waals surface area (Å²) < 4.78 is 0. The Hall–Kier alpha value is -3.68. The molecule has 134 valence electrons.